The number of esters is 1. The lowest BCUT2D eigenvalue weighted by molar-refractivity contribution is -0.143. The molecule has 0 spiro atoms. The molecule has 0 aromatic carbocycles. The molecular formula is C12H16BrNO3S. The Balaban J connectivity index is 2.76. The smallest absolute Gasteiger partial charge is 0.325 e. The Morgan fingerprint density at radius 3 is 2.56 bits per heavy atom. The average Bonchev–Trinajstić information content (AvgIpc) is 2.66. The minimum Gasteiger partial charge on any atom is -0.465 e. The maximum Gasteiger partial charge on any atom is 0.325 e. The lowest BCUT2D eigenvalue weighted by Crippen LogP contribution is -2.35. The standard InChI is InChI=1S/C12H16BrNO3S/c1-4-14(7-10(15)17-5-2)12(16)9-6-8(3)11(13)18-9/h6H,4-5,7H2,1-3H3. The van der Waals surface area contributed by atoms with E-state index in [9.17, 15) is 9.59 Å². The fourth-order valence-electron chi connectivity index (χ4n) is 1.41. The van der Waals surface area contributed by atoms with Crippen molar-refractivity contribution in [1.29, 1.82) is 0 Å². The predicted octanol–water partition coefficient (Wildman–Crippen LogP) is 2.84. The second kappa shape index (κ2) is 6.89. The summed E-state index contributed by atoms with van der Waals surface area (Å²) in [7, 11) is 0. The van der Waals surface area contributed by atoms with Gasteiger partial charge >= 0.3 is 5.97 Å². The van der Waals surface area contributed by atoms with Crippen LogP contribution >= 0.6 is 27.3 Å². The molecule has 100 valence electrons. The molecule has 18 heavy (non-hydrogen) atoms. The van der Waals surface area contributed by atoms with E-state index in [1.807, 2.05) is 19.9 Å². The van der Waals surface area contributed by atoms with E-state index in [-0.39, 0.29) is 18.4 Å². The van der Waals surface area contributed by atoms with Crippen molar-refractivity contribution < 1.29 is 14.3 Å². The van der Waals surface area contributed by atoms with Gasteiger partial charge in [-0.15, -0.1) is 11.3 Å². The highest BCUT2D eigenvalue weighted by molar-refractivity contribution is 9.11. The van der Waals surface area contributed by atoms with Crippen molar-refractivity contribution >= 4 is 39.1 Å². The SMILES string of the molecule is CCOC(=O)CN(CC)C(=O)c1cc(C)c(Br)s1. The van der Waals surface area contributed by atoms with Crippen LogP contribution in [-0.4, -0.2) is 36.5 Å². The molecule has 4 nitrogen and oxygen atoms in total. The molecule has 0 bridgehead atoms. The van der Waals surface area contributed by atoms with Crippen LogP contribution < -0.4 is 0 Å². The number of carbonyl (C=O) groups excluding carboxylic acids is 2. The van der Waals surface area contributed by atoms with E-state index in [0.29, 0.717) is 18.0 Å². The molecule has 1 aromatic heterocycles. The highest BCUT2D eigenvalue weighted by Gasteiger charge is 2.20. The van der Waals surface area contributed by atoms with E-state index in [1.165, 1.54) is 16.2 Å². The number of amides is 1. The zero-order valence-corrected chi connectivity index (χ0v) is 13.1. The Morgan fingerprint density at radius 1 is 1.44 bits per heavy atom. The number of rotatable bonds is 5. The highest BCUT2D eigenvalue weighted by Crippen LogP contribution is 2.28. The third-order valence-corrected chi connectivity index (χ3v) is 4.49. The molecule has 1 heterocycles. The molecule has 0 unspecified atom stereocenters. The number of nitrogens with zero attached hydrogens (tertiary/aromatic N) is 1. The summed E-state index contributed by atoms with van der Waals surface area (Å²) in [5, 5.41) is 0. The van der Waals surface area contributed by atoms with E-state index in [1.54, 1.807) is 6.92 Å². The molecular weight excluding hydrogens is 318 g/mol. The minimum atomic E-state index is -0.375. The first-order valence-electron chi connectivity index (χ1n) is 5.70. The van der Waals surface area contributed by atoms with Crippen molar-refractivity contribution in [3.63, 3.8) is 0 Å². The topological polar surface area (TPSA) is 46.6 Å². The number of thiophene rings is 1. The van der Waals surface area contributed by atoms with Gasteiger partial charge in [0, 0.05) is 6.54 Å². The zero-order valence-electron chi connectivity index (χ0n) is 10.7. The lowest BCUT2D eigenvalue weighted by atomic mass is 10.3. The van der Waals surface area contributed by atoms with Gasteiger partial charge in [-0.25, -0.2) is 0 Å². The Morgan fingerprint density at radius 2 is 2.11 bits per heavy atom. The van der Waals surface area contributed by atoms with Gasteiger partial charge in [0.05, 0.1) is 15.3 Å². The predicted molar refractivity (Wildman–Crippen MR) is 75.0 cm³/mol. The van der Waals surface area contributed by atoms with Crippen molar-refractivity contribution in [2.45, 2.75) is 20.8 Å². The zero-order chi connectivity index (χ0) is 13.7. The molecule has 0 atom stereocenters. The van der Waals surface area contributed by atoms with E-state index in [2.05, 4.69) is 15.9 Å². The summed E-state index contributed by atoms with van der Waals surface area (Å²) in [6, 6.07) is 1.82. The van der Waals surface area contributed by atoms with Crippen LogP contribution in [0.5, 0.6) is 0 Å². The van der Waals surface area contributed by atoms with Crippen molar-refractivity contribution in [3.05, 3.63) is 20.3 Å². The van der Waals surface area contributed by atoms with Crippen LogP contribution in [0, 0.1) is 6.92 Å². The number of halogens is 1. The van der Waals surface area contributed by atoms with Gasteiger partial charge in [-0.1, -0.05) is 0 Å². The number of carbonyl (C=O) groups is 2. The molecule has 6 heteroatoms. The van der Waals surface area contributed by atoms with E-state index < -0.39 is 0 Å². The number of hydrogen-bond acceptors (Lipinski definition) is 4. The third-order valence-electron chi connectivity index (χ3n) is 2.36. The normalized spacial score (nSPS) is 10.2. The molecule has 1 rings (SSSR count). The maximum atomic E-state index is 12.2. The molecule has 1 aromatic rings. The first-order valence-corrected chi connectivity index (χ1v) is 7.31. The van der Waals surface area contributed by atoms with Crippen LogP contribution in [0.3, 0.4) is 0 Å². The molecule has 0 N–H and O–H groups in total. The van der Waals surface area contributed by atoms with E-state index in [4.69, 9.17) is 4.74 Å². The number of aryl methyl sites for hydroxylation is 1. The summed E-state index contributed by atoms with van der Waals surface area (Å²) >= 11 is 4.77. The van der Waals surface area contributed by atoms with Crippen molar-refractivity contribution in [1.82, 2.24) is 4.90 Å². The quantitative estimate of drug-likeness (QED) is 0.778. The van der Waals surface area contributed by atoms with E-state index >= 15 is 0 Å². The average molecular weight is 334 g/mol. The summed E-state index contributed by atoms with van der Waals surface area (Å²) in [4.78, 5) is 25.7. The summed E-state index contributed by atoms with van der Waals surface area (Å²) in [6.07, 6.45) is 0. The molecule has 0 fully saturated rings. The molecule has 1 amide bonds. The molecule has 0 aliphatic carbocycles. The first kappa shape index (κ1) is 15.2. The maximum absolute atomic E-state index is 12.2. The van der Waals surface area contributed by atoms with E-state index in [0.717, 1.165) is 9.35 Å². The Hall–Kier alpha value is -0.880. The first-order chi connectivity index (χ1) is 8.49. The third kappa shape index (κ3) is 3.81. The van der Waals surface area contributed by atoms with Gasteiger partial charge in [0.15, 0.2) is 0 Å². The molecule has 0 saturated carbocycles. The monoisotopic (exact) mass is 333 g/mol. The highest BCUT2D eigenvalue weighted by atomic mass is 79.9. The number of ether oxygens (including phenoxy) is 1. The molecule has 0 radical (unpaired) electrons. The van der Waals surface area contributed by atoms with Crippen molar-refractivity contribution in [2.24, 2.45) is 0 Å². The number of likely N-dealkylation sites (N-methyl/N-ethyl adjacent to an activating group) is 1. The van der Waals surface area contributed by atoms with Gasteiger partial charge in [0.2, 0.25) is 0 Å². The van der Waals surface area contributed by atoms with Crippen molar-refractivity contribution in [2.75, 3.05) is 19.7 Å². The minimum absolute atomic E-state index is 0.00224. The summed E-state index contributed by atoms with van der Waals surface area (Å²) in [5.41, 5.74) is 1.02. The molecule has 0 aliphatic rings. The fourth-order valence-corrected chi connectivity index (χ4v) is 2.91. The van der Waals surface area contributed by atoms with Crippen molar-refractivity contribution in [3.8, 4) is 0 Å². The van der Waals surface area contributed by atoms with Crippen LogP contribution in [0.2, 0.25) is 0 Å². The summed E-state index contributed by atoms with van der Waals surface area (Å²) < 4.78 is 5.79. The molecule has 0 saturated heterocycles. The Kier molecular flexibility index (Phi) is 5.81. The Labute approximate surface area is 119 Å². The van der Waals surface area contributed by atoms with Crippen LogP contribution in [0.15, 0.2) is 9.85 Å². The number of hydrogen-bond donors (Lipinski definition) is 0. The Bertz CT molecular complexity index is 425. The second-order valence-electron chi connectivity index (χ2n) is 3.69. The second-order valence-corrected chi connectivity index (χ2v) is 6.06. The lowest BCUT2D eigenvalue weighted by Gasteiger charge is -2.18. The van der Waals surface area contributed by atoms with Gasteiger partial charge < -0.3 is 9.64 Å². The van der Waals surface area contributed by atoms with Gasteiger partial charge in [0.1, 0.15) is 6.54 Å². The van der Waals surface area contributed by atoms with Crippen LogP contribution in [0.25, 0.3) is 0 Å². The van der Waals surface area contributed by atoms with Crippen LogP contribution in [0.1, 0.15) is 29.1 Å². The van der Waals surface area contributed by atoms with Gasteiger partial charge in [-0.3, -0.25) is 9.59 Å². The summed E-state index contributed by atoms with van der Waals surface area (Å²) in [6.45, 7) is 6.32. The van der Waals surface area contributed by atoms with Crippen LogP contribution in [0.4, 0.5) is 0 Å². The summed E-state index contributed by atoms with van der Waals surface area (Å²) in [5.74, 6) is -0.510. The van der Waals surface area contributed by atoms with Gasteiger partial charge in [0.25, 0.3) is 5.91 Å². The van der Waals surface area contributed by atoms with Crippen LogP contribution in [-0.2, 0) is 9.53 Å². The largest absolute Gasteiger partial charge is 0.465 e. The van der Waals surface area contributed by atoms with Gasteiger partial charge in [-0.2, -0.15) is 0 Å². The van der Waals surface area contributed by atoms with Gasteiger partial charge in [-0.05, 0) is 48.3 Å². The molecule has 0 aliphatic heterocycles. The fraction of sp³-hybridized carbons (Fsp3) is 0.500.